The Hall–Kier alpha value is -0.290. The van der Waals surface area contributed by atoms with Gasteiger partial charge in [-0.1, -0.05) is 0 Å². The molecule has 0 amide bonds. The van der Waals surface area contributed by atoms with Gasteiger partial charge in [-0.05, 0) is 0 Å². The predicted molar refractivity (Wildman–Crippen MR) is 143 cm³/mol. The summed E-state index contributed by atoms with van der Waals surface area (Å²) in [6.07, 6.45) is 35.3. The average molecular weight is 438 g/mol. The molecule has 2 heteroatoms. The molecule has 1 aromatic rings. The van der Waals surface area contributed by atoms with E-state index in [9.17, 15) is 0 Å². The van der Waals surface area contributed by atoms with Gasteiger partial charge in [0.15, 0.2) is 0 Å². The molecule has 1 rings (SSSR count). The maximum absolute atomic E-state index is 2.76. The van der Waals surface area contributed by atoms with Crippen molar-refractivity contribution in [3.05, 3.63) is 24.5 Å². The summed E-state index contributed by atoms with van der Waals surface area (Å²) in [5.74, 6) is 0. The fourth-order valence-electron chi connectivity index (χ4n) is 5.12. The van der Waals surface area contributed by atoms with Crippen molar-refractivity contribution in [1.82, 2.24) is 4.34 Å². The van der Waals surface area contributed by atoms with Crippen molar-refractivity contribution >= 4 is 7.41 Å². The molecular weight excluding hydrogens is 381 g/mol. The van der Waals surface area contributed by atoms with Crippen LogP contribution in [0.2, 0.25) is 0 Å². The SMILES string of the molecule is CCCCCCCC[PH](CCCCCCCC)(CCCCCCCC)n1cccc1. The van der Waals surface area contributed by atoms with E-state index in [0.29, 0.717) is 0 Å². The Labute approximate surface area is 191 Å². The van der Waals surface area contributed by atoms with Crippen LogP contribution in [0, 0.1) is 0 Å². The van der Waals surface area contributed by atoms with Crippen molar-refractivity contribution < 1.29 is 0 Å². The minimum atomic E-state index is -1.41. The summed E-state index contributed by atoms with van der Waals surface area (Å²) in [4.78, 5) is 0. The molecule has 0 saturated carbocycles. The predicted octanol–water partition coefficient (Wildman–Crippen LogP) is 10.1. The van der Waals surface area contributed by atoms with Gasteiger partial charge in [-0.3, -0.25) is 0 Å². The summed E-state index contributed by atoms with van der Waals surface area (Å²) < 4.78 is 2.76. The quantitative estimate of drug-likeness (QED) is 0.126. The number of hydrogen-bond acceptors (Lipinski definition) is 0. The monoisotopic (exact) mass is 437 g/mol. The molecule has 0 unspecified atom stereocenters. The first-order valence-electron chi connectivity index (χ1n) is 13.9. The standard InChI is InChI=1S/C28H56NP/c1-4-7-10-13-16-21-26-30(29-24-19-20-25-29,27-22-17-14-11-8-5-2)28-23-18-15-12-9-6-3/h19-20,24-25,30H,4-18,21-23,26-28H2,1-3H3. The first-order valence-corrected chi connectivity index (χ1v) is 16.5. The van der Waals surface area contributed by atoms with Crippen LogP contribution in [0.3, 0.4) is 0 Å². The molecule has 30 heavy (non-hydrogen) atoms. The zero-order valence-corrected chi connectivity index (χ0v) is 22.1. The van der Waals surface area contributed by atoms with Gasteiger partial charge < -0.3 is 0 Å². The third kappa shape index (κ3) is 12.5. The zero-order valence-electron chi connectivity index (χ0n) is 21.1. The molecule has 178 valence electrons. The number of unbranched alkanes of at least 4 members (excludes halogenated alkanes) is 15. The van der Waals surface area contributed by atoms with E-state index in [1.54, 1.807) is 0 Å². The van der Waals surface area contributed by atoms with Crippen molar-refractivity contribution in [2.75, 3.05) is 18.5 Å². The third-order valence-corrected chi connectivity index (χ3v) is 12.4. The van der Waals surface area contributed by atoms with Crippen LogP contribution in [0.15, 0.2) is 24.5 Å². The normalized spacial score (nSPS) is 12.5. The van der Waals surface area contributed by atoms with Crippen LogP contribution in [-0.4, -0.2) is 22.8 Å². The van der Waals surface area contributed by atoms with E-state index in [4.69, 9.17) is 0 Å². The van der Waals surface area contributed by atoms with Crippen molar-refractivity contribution in [3.8, 4) is 0 Å². The molecule has 0 aliphatic rings. The van der Waals surface area contributed by atoms with E-state index < -0.39 is 7.41 Å². The van der Waals surface area contributed by atoms with Crippen LogP contribution in [0.25, 0.3) is 0 Å². The Kier molecular flexibility index (Phi) is 17.9. The topological polar surface area (TPSA) is 4.93 Å². The summed E-state index contributed by atoms with van der Waals surface area (Å²) in [7, 11) is -1.41. The van der Waals surface area contributed by atoms with E-state index in [1.165, 1.54) is 134 Å². The van der Waals surface area contributed by atoms with Gasteiger partial charge >= 0.3 is 191 Å². The van der Waals surface area contributed by atoms with E-state index >= 15 is 0 Å². The zero-order chi connectivity index (χ0) is 21.8. The Balaban J connectivity index is 2.62. The second-order valence-electron chi connectivity index (χ2n) is 9.87. The first-order chi connectivity index (χ1) is 14.8. The molecule has 0 aromatic carbocycles. The minimum absolute atomic E-state index is 1.36. The van der Waals surface area contributed by atoms with Crippen LogP contribution >= 0.6 is 7.41 Å². The molecule has 1 aromatic heterocycles. The van der Waals surface area contributed by atoms with Crippen LogP contribution in [0.1, 0.15) is 136 Å². The van der Waals surface area contributed by atoms with Gasteiger partial charge in [0.2, 0.25) is 0 Å². The summed E-state index contributed by atoms with van der Waals surface area (Å²) in [6.45, 7) is 6.97. The van der Waals surface area contributed by atoms with Gasteiger partial charge in [-0.25, -0.2) is 0 Å². The summed E-state index contributed by atoms with van der Waals surface area (Å²) in [5, 5.41) is 0. The van der Waals surface area contributed by atoms with Crippen molar-refractivity contribution in [3.63, 3.8) is 0 Å². The fraction of sp³-hybridized carbons (Fsp3) is 0.857. The average Bonchev–Trinajstić information content (AvgIpc) is 3.30. The Morgan fingerprint density at radius 3 is 1.07 bits per heavy atom. The van der Waals surface area contributed by atoms with Gasteiger partial charge in [0.05, 0.1) is 0 Å². The van der Waals surface area contributed by atoms with E-state index in [1.807, 2.05) is 0 Å². The van der Waals surface area contributed by atoms with Gasteiger partial charge in [0.1, 0.15) is 0 Å². The first kappa shape index (κ1) is 27.7. The molecule has 0 atom stereocenters. The van der Waals surface area contributed by atoms with E-state index in [0.717, 1.165) is 0 Å². The molecule has 0 fully saturated rings. The van der Waals surface area contributed by atoms with Crippen molar-refractivity contribution in [2.24, 2.45) is 0 Å². The number of nitrogens with zero attached hydrogens (tertiary/aromatic N) is 1. The molecule has 0 radical (unpaired) electrons. The van der Waals surface area contributed by atoms with Gasteiger partial charge in [-0.2, -0.15) is 0 Å². The molecule has 0 aliphatic heterocycles. The van der Waals surface area contributed by atoms with Gasteiger partial charge in [-0.15, -0.1) is 0 Å². The molecule has 1 heterocycles. The summed E-state index contributed by atoms with van der Waals surface area (Å²) in [6, 6.07) is 4.57. The Morgan fingerprint density at radius 1 is 0.433 bits per heavy atom. The Bertz CT molecular complexity index is 412. The second-order valence-corrected chi connectivity index (χ2v) is 14.3. The van der Waals surface area contributed by atoms with Crippen molar-refractivity contribution in [1.29, 1.82) is 0 Å². The molecule has 0 aliphatic carbocycles. The van der Waals surface area contributed by atoms with Gasteiger partial charge in [0.25, 0.3) is 0 Å². The molecule has 1 nitrogen and oxygen atoms in total. The molecule has 0 bridgehead atoms. The molecular formula is C28H56NP. The van der Waals surface area contributed by atoms with Crippen LogP contribution in [0.5, 0.6) is 0 Å². The Morgan fingerprint density at radius 2 is 0.733 bits per heavy atom. The third-order valence-electron chi connectivity index (χ3n) is 7.14. The maximum atomic E-state index is 2.76. The van der Waals surface area contributed by atoms with Gasteiger partial charge in [0, 0.05) is 0 Å². The summed E-state index contributed by atoms with van der Waals surface area (Å²) in [5.41, 5.74) is 0. The number of rotatable bonds is 22. The fourth-order valence-corrected chi connectivity index (χ4v) is 10.2. The molecule has 0 N–H and O–H groups in total. The molecule has 0 spiro atoms. The van der Waals surface area contributed by atoms with E-state index in [-0.39, 0.29) is 0 Å². The number of hydrogen-bond donors (Lipinski definition) is 0. The molecule has 0 saturated heterocycles. The van der Waals surface area contributed by atoms with Crippen molar-refractivity contribution in [2.45, 2.75) is 136 Å². The summed E-state index contributed by atoms with van der Waals surface area (Å²) >= 11 is 0. The van der Waals surface area contributed by atoms with Crippen LogP contribution < -0.4 is 0 Å². The number of aromatic nitrogens is 1. The van der Waals surface area contributed by atoms with E-state index in [2.05, 4.69) is 49.6 Å². The van der Waals surface area contributed by atoms with Crippen LogP contribution in [0.4, 0.5) is 0 Å². The van der Waals surface area contributed by atoms with Crippen LogP contribution in [-0.2, 0) is 0 Å². The second kappa shape index (κ2) is 19.4.